The number of hydrogen-bond donors (Lipinski definition) is 1. The molecule has 0 atom stereocenters. The van der Waals surface area contributed by atoms with Crippen molar-refractivity contribution in [1.82, 2.24) is 19.6 Å². The van der Waals surface area contributed by atoms with Gasteiger partial charge < -0.3 is 5.32 Å². The minimum Gasteiger partial charge on any atom is -0.369 e. The van der Waals surface area contributed by atoms with Crippen molar-refractivity contribution < 1.29 is 0 Å². The minimum absolute atomic E-state index is 0.677. The van der Waals surface area contributed by atoms with E-state index in [4.69, 9.17) is 0 Å². The Morgan fingerprint density at radius 2 is 1.74 bits per heavy atom. The molecule has 2 aromatic heterocycles. The molecule has 1 N–H and O–H groups in total. The van der Waals surface area contributed by atoms with Crippen LogP contribution in [0, 0.1) is 6.92 Å². The monoisotopic (exact) mass is 311 g/mol. The van der Waals surface area contributed by atoms with Gasteiger partial charge in [-0.3, -0.25) is 4.40 Å². The molecule has 0 saturated heterocycles. The highest BCUT2D eigenvalue weighted by Crippen LogP contribution is 2.20. The topological polar surface area (TPSA) is 55.1 Å². The van der Waals surface area contributed by atoms with Crippen molar-refractivity contribution >= 4 is 11.5 Å². The molecular formula is C18H25N5. The van der Waals surface area contributed by atoms with Crippen molar-refractivity contribution in [2.24, 2.45) is 0 Å². The van der Waals surface area contributed by atoms with Gasteiger partial charge >= 0.3 is 0 Å². The summed E-state index contributed by atoms with van der Waals surface area (Å²) in [6.45, 7) is 6.49. The maximum absolute atomic E-state index is 4.29. The van der Waals surface area contributed by atoms with Crippen LogP contribution in [0.1, 0.15) is 38.7 Å². The van der Waals surface area contributed by atoms with E-state index >= 15 is 0 Å². The van der Waals surface area contributed by atoms with Gasteiger partial charge in [-0.05, 0) is 6.92 Å². The first-order chi connectivity index (χ1) is 11.2. The Morgan fingerprint density at radius 3 is 2.30 bits per heavy atom. The molecule has 0 aliphatic heterocycles. The zero-order chi connectivity index (χ0) is 16.7. The predicted octanol–water partition coefficient (Wildman–Crippen LogP) is 4.34. The van der Waals surface area contributed by atoms with E-state index < -0.39 is 0 Å². The fraction of sp³-hybridized carbons (Fsp3) is 0.389. The minimum atomic E-state index is 0.677. The highest BCUT2D eigenvalue weighted by molar-refractivity contribution is 5.67. The van der Waals surface area contributed by atoms with Crippen molar-refractivity contribution in [3.63, 3.8) is 0 Å². The summed E-state index contributed by atoms with van der Waals surface area (Å²) in [7, 11) is 1.81. The molecule has 122 valence electrons. The number of aromatic nitrogens is 4. The van der Waals surface area contributed by atoms with Crippen LogP contribution in [0.3, 0.4) is 0 Å². The van der Waals surface area contributed by atoms with Crippen LogP contribution in [0.4, 0.5) is 5.82 Å². The molecule has 23 heavy (non-hydrogen) atoms. The first kappa shape index (κ1) is 16.9. The van der Waals surface area contributed by atoms with Gasteiger partial charge in [0.1, 0.15) is 0 Å². The lowest BCUT2D eigenvalue weighted by Gasteiger charge is -2.06. The summed E-state index contributed by atoms with van der Waals surface area (Å²) < 4.78 is 1.93. The number of nitrogens with one attached hydrogen (secondary N) is 1. The Kier molecular flexibility index (Phi) is 6.09. The first-order valence-electron chi connectivity index (χ1n) is 8.15. The molecular weight excluding hydrogens is 286 g/mol. The molecule has 0 amide bonds. The van der Waals surface area contributed by atoms with Gasteiger partial charge in [0.25, 0.3) is 0 Å². The van der Waals surface area contributed by atoms with Crippen LogP contribution < -0.4 is 5.32 Å². The third-order valence-electron chi connectivity index (χ3n) is 3.58. The van der Waals surface area contributed by atoms with Crippen LogP contribution in [0.2, 0.25) is 0 Å². The van der Waals surface area contributed by atoms with E-state index in [1.807, 2.05) is 29.8 Å². The maximum Gasteiger partial charge on any atom is 0.192 e. The number of benzene rings is 1. The number of hydrogen-bond acceptors (Lipinski definition) is 4. The van der Waals surface area contributed by atoms with Crippen LogP contribution in [-0.4, -0.2) is 26.6 Å². The van der Waals surface area contributed by atoms with Gasteiger partial charge in [0.2, 0.25) is 0 Å². The summed E-state index contributed by atoms with van der Waals surface area (Å²) in [4.78, 5) is 4.29. The molecule has 0 fully saturated rings. The van der Waals surface area contributed by atoms with Crippen molar-refractivity contribution in [3.8, 4) is 11.4 Å². The molecule has 5 heteroatoms. The van der Waals surface area contributed by atoms with Crippen molar-refractivity contribution in [1.29, 1.82) is 0 Å². The number of unbranched alkanes of at least 4 members (excludes halogenated alkanes) is 2. The maximum atomic E-state index is 4.29. The molecule has 5 nitrogen and oxygen atoms in total. The third kappa shape index (κ3) is 4.06. The molecule has 1 aromatic carbocycles. The van der Waals surface area contributed by atoms with Gasteiger partial charge in [0.15, 0.2) is 17.3 Å². The second-order valence-corrected chi connectivity index (χ2v) is 5.46. The van der Waals surface area contributed by atoms with E-state index in [1.165, 1.54) is 24.8 Å². The fourth-order valence-electron chi connectivity index (χ4n) is 2.25. The Morgan fingerprint density at radius 1 is 1.04 bits per heavy atom. The lowest BCUT2D eigenvalue weighted by molar-refractivity contribution is 0.772. The molecule has 0 radical (unpaired) electrons. The van der Waals surface area contributed by atoms with Crippen molar-refractivity contribution in [2.45, 2.75) is 40.0 Å². The number of nitrogens with zero attached hydrogens (tertiary/aromatic N) is 4. The van der Waals surface area contributed by atoms with Crippen molar-refractivity contribution in [2.75, 3.05) is 12.4 Å². The molecule has 0 saturated carbocycles. The Bertz CT molecular complexity index is 729. The van der Waals surface area contributed by atoms with Gasteiger partial charge in [-0.15, -0.1) is 10.2 Å². The highest BCUT2D eigenvalue weighted by atomic mass is 15.3. The lowest BCUT2D eigenvalue weighted by atomic mass is 10.1. The molecule has 0 aliphatic carbocycles. The average Bonchev–Trinajstić information content (AvgIpc) is 3.06. The molecule has 0 bridgehead atoms. The SMILES string of the molecule is CCCCC.CNc1nnc(-c2ccc(C)cc2)n2ccnc12. The molecule has 0 aliphatic rings. The smallest absolute Gasteiger partial charge is 0.192 e. The van der Waals surface area contributed by atoms with Gasteiger partial charge in [-0.25, -0.2) is 4.98 Å². The summed E-state index contributed by atoms with van der Waals surface area (Å²) in [5, 5.41) is 11.4. The van der Waals surface area contributed by atoms with E-state index in [1.54, 1.807) is 6.20 Å². The van der Waals surface area contributed by atoms with E-state index in [2.05, 4.69) is 53.4 Å². The summed E-state index contributed by atoms with van der Waals surface area (Å²) in [6, 6.07) is 8.20. The zero-order valence-electron chi connectivity index (χ0n) is 14.4. The number of rotatable bonds is 4. The zero-order valence-corrected chi connectivity index (χ0v) is 14.4. The van der Waals surface area contributed by atoms with Gasteiger partial charge in [0, 0.05) is 25.0 Å². The summed E-state index contributed by atoms with van der Waals surface area (Å²) in [6.07, 6.45) is 7.71. The largest absolute Gasteiger partial charge is 0.369 e. The first-order valence-corrected chi connectivity index (χ1v) is 8.15. The summed E-state index contributed by atoms with van der Waals surface area (Å²) in [5.74, 6) is 1.47. The lowest BCUT2D eigenvalue weighted by Crippen LogP contribution is -2.03. The van der Waals surface area contributed by atoms with Gasteiger partial charge in [0.05, 0.1) is 0 Å². The van der Waals surface area contributed by atoms with Crippen LogP contribution >= 0.6 is 0 Å². The van der Waals surface area contributed by atoms with E-state index in [0.717, 1.165) is 17.0 Å². The fourth-order valence-corrected chi connectivity index (χ4v) is 2.25. The van der Waals surface area contributed by atoms with Gasteiger partial charge in [-0.2, -0.15) is 0 Å². The molecule has 3 rings (SSSR count). The standard InChI is InChI=1S/C13H13N5.C5H12/c1-9-3-5-10(6-4-9)12-17-16-11(14-2)13-15-7-8-18(12)13;1-3-5-4-2/h3-8H,1-2H3,(H,14,16);3-5H2,1-2H3. The number of anilines is 1. The Balaban J connectivity index is 0.000000338. The summed E-state index contributed by atoms with van der Waals surface area (Å²) >= 11 is 0. The highest BCUT2D eigenvalue weighted by Gasteiger charge is 2.10. The van der Waals surface area contributed by atoms with Crippen LogP contribution in [0.15, 0.2) is 36.7 Å². The number of imidazole rings is 1. The van der Waals surface area contributed by atoms with E-state index in [-0.39, 0.29) is 0 Å². The molecule has 0 unspecified atom stereocenters. The van der Waals surface area contributed by atoms with Crippen LogP contribution in [0.25, 0.3) is 17.0 Å². The summed E-state index contributed by atoms with van der Waals surface area (Å²) in [5.41, 5.74) is 3.03. The molecule has 3 aromatic rings. The number of fused-ring (bicyclic) bond motifs is 1. The number of aryl methyl sites for hydroxylation is 1. The second kappa shape index (κ2) is 8.27. The Hall–Kier alpha value is -2.43. The predicted molar refractivity (Wildman–Crippen MR) is 95.7 cm³/mol. The average molecular weight is 311 g/mol. The molecule has 0 spiro atoms. The van der Waals surface area contributed by atoms with Crippen LogP contribution in [-0.2, 0) is 0 Å². The Labute approximate surface area is 137 Å². The quantitative estimate of drug-likeness (QED) is 0.779. The third-order valence-corrected chi connectivity index (χ3v) is 3.58. The normalized spacial score (nSPS) is 10.3. The van der Waals surface area contributed by atoms with Crippen LogP contribution in [0.5, 0.6) is 0 Å². The van der Waals surface area contributed by atoms with Gasteiger partial charge in [-0.1, -0.05) is 62.9 Å². The van der Waals surface area contributed by atoms with E-state index in [0.29, 0.717) is 5.82 Å². The van der Waals surface area contributed by atoms with E-state index in [9.17, 15) is 0 Å². The molecule has 2 heterocycles. The van der Waals surface area contributed by atoms with Crippen molar-refractivity contribution in [3.05, 3.63) is 42.2 Å². The second-order valence-electron chi connectivity index (χ2n) is 5.46.